The molecule has 0 aliphatic carbocycles. The van der Waals surface area contributed by atoms with Gasteiger partial charge in [-0.1, -0.05) is 76.9 Å². The van der Waals surface area contributed by atoms with Gasteiger partial charge in [0.15, 0.2) is 0 Å². The van der Waals surface area contributed by atoms with Crippen molar-refractivity contribution in [1.82, 2.24) is 10.2 Å². The quantitative estimate of drug-likeness (QED) is 0.319. The van der Waals surface area contributed by atoms with E-state index in [1.807, 2.05) is 65.0 Å². The van der Waals surface area contributed by atoms with Crippen LogP contribution in [0.25, 0.3) is 0 Å². The van der Waals surface area contributed by atoms with Gasteiger partial charge in [-0.2, -0.15) is 0 Å². The third-order valence-electron chi connectivity index (χ3n) is 6.06. The molecule has 0 saturated heterocycles. The van der Waals surface area contributed by atoms with E-state index in [-0.39, 0.29) is 17.3 Å². The number of amides is 2. The number of benzene rings is 3. The van der Waals surface area contributed by atoms with Gasteiger partial charge in [-0.3, -0.25) is 13.9 Å². The summed E-state index contributed by atoms with van der Waals surface area (Å²) in [5, 5.41) is 2.97. The highest BCUT2D eigenvalue weighted by Gasteiger charge is 2.34. The zero-order chi connectivity index (χ0) is 28.8. The molecule has 0 saturated carbocycles. The monoisotopic (exact) mass is 613 g/mol. The molecule has 0 radical (unpaired) electrons. The highest BCUT2D eigenvalue weighted by atomic mass is 79.9. The number of nitrogens with zero attached hydrogens (tertiary/aromatic N) is 2. The Morgan fingerprint density at radius 3 is 2.15 bits per heavy atom. The fraction of sp³-hybridized carbons (Fsp3) is 0.333. The summed E-state index contributed by atoms with van der Waals surface area (Å²) in [5.41, 5.74) is 1.60. The van der Waals surface area contributed by atoms with Crippen LogP contribution in [0, 0.1) is 6.92 Å². The molecule has 0 aromatic heterocycles. The molecule has 0 spiro atoms. The average Bonchev–Trinajstić information content (AvgIpc) is 2.86. The average molecular weight is 615 g/mol. The Balaban J connectivity index is 2.06. The number of hydrogen-bond acceptors (Lipinski definition) is 4. The number of anilines is 1. The van der Waals surface area contributed by atoms with Gasteiger partial charge in [0.1, 0.15) is 12.6 Å². The third-order valence-corrected chi connectivity index (χ3v) is 8.35. The fourth-order valence-corrected chi connectivity index (χ4v) is 5.94. The molecule has 0 aliphatic rings. The molecule has 1 atom stereocenters. The number of nitrogens with one attached hydrogen (secondary N) is 1. The zero-order valence-corrected chi connectivity index (χ0v) is 25.4. The van der Waals surface area contributed by atoms with Crippen molar-refractivity contribution >= 4 is 43.5 Å². The van der Waals surface area contributed by atoms with Gasteiger partial charge in [-0.15, -0.1) is 0 Å². The maximum atomic E-state index is 14.0. The summed E-state index contributed by atoms with van der Waals surface area (Å²) in [4.78, 5) is 28.9. The summed E-state index contributed by atoms with van der Waals surface area (Å²) in [5.74, 6) is -0.768. The fourth-order valence-electron chi connectivity index (χ4n) is 4.15. The Bertz CT molecular complexity index is 1390. The number of carbonyl (C=O) groups is 2. The molecule has 208 valence electrons. The van der Waals surface area contributed by atoms with Crippen molar-refractivity contribution in [2.45, 2.75) is 64.1 Å². The van der Waals surface area contributed by atoms with Crippen LogP contribution >= 0.6 is 15.9 Å². The number of halogens is 1. The Morgan fingerprint density at radius 1 is 0.949 bits per heavy atom. The van der Waals surface area contributed by atoms with Crippen LogP contribution < -0.4 is 9.62 Å². The highest BCUT2D eigenvalue weighted by Crippen LogP contribution is 2.27. The molecule has 9 heteroatoms. The Labute approximate surface area is 240 Å². The Morgan fingerprint density at radius 2 is 1.59 bits per heavy atom. The maximum Gasteiger partial charge on any atom is 0.264 e. The molecule has 0 aliphatic heterocycles. The Hall–Kier alpha value is -3.17. The minimum Gasteiger partial charge on any atom is -0.350 e. The number of sulfonamides is 1. The summed E-state index contributed by atoms with van der Waals surface area (Å²) in [6, 6.07) is 21.9. The van der Waals surface area contributed by atoms with E-state index in [9.17, 15) is 18.0 Å². The van der Waals surface area contributed by atoms with Crippen molar-refractivity contribution in [1.29, 1.82) is 0 Å². The van der Waals surface area contributed by atoms with Crippen LogP contribution in [0.15, 0.2) is 88.2 Å². The SMILES string of the molecule is CCC(C(=O)NC(C)(C)C)N(Cc1ccccc1)C(=O)CN(c1cccc(Br)c1)S(=O)(=O)c1ccc(C)cc1. The van der Waals surface area contributed by atoms with E-state index in [2.05, 4.69) is 21.2 Å². The van der Waals surface area contributed by atoms with Crippen molar-refractivity contribution in [2.75, 3.05) is 10.8 Å². The topological polar surface area (TPSA) is 86.8 Å². The second-order valence-corrected chi connectivity index (χ2v) is 13.3. The molecule has 3 aromatic carbocycles. The summed E-state index contributed by atoms with van der Waals surface area (Å²) in [6.07, 6.45) is 0.363. The number of hydrogen-bond donors (Lipinski definition) is 1. The Kier molecular flexibility index (Phi) is 9.96. The molecule has 2 amide bonds. The minimum absolute atomic E-state index is 0.0769. The molecule has 1 unspecified atom stereocenters. The third kappa shape index (κ3) is 8.16. The minimum atomic E-state index is -4.11. The van der Waals surface area contributed by atoms with Crippen molar-refractivity contribution in [3.05, 3.63) is 94.5 Å². The standard InChI is InChI=1S/C30H36BrN3O4S/c1-6-27(29(36)32-30(3,4)5)33(20-23-11-8-7-9-12-23)28(35)21-34(25-14-10-13-24(31)19-25)39(37,38)26-17-15-22(2)16-18-26/h7-19,27H,6,20-21H2,1-5H3,(H,32,36). The van der Waals surface area contributed by atoms with Crippen LogP contribution in [-0.4, -0.2) is 43.3 Å². The van der Waals surface area contributed by atoms with Gasteiger partial charge >= 0.3 is 0 Å². The van der Waals surface area contributed by atoms with E-state index in [4.69, 9.17) is 0 Å². The van der Waals surface area contributed by atoms with Gasteiger partial charge < -0.3 is 10.2 Å². The van der Waals surface area contributed by atoms with Gasteiger partial charge in [-0.25, -0.2) is 8.42 Å². The van der Waals surface area contributed by atoms with Gasteiger partial charge in [0, 0.05) is 16.6 Å². The molecule has 3 aromatic rings. The van der Waals surface area contributed by atoms with E-state index < -0.39 is 34.1 Å². The van der Waals surface area contributed by atoms with Gasteiger partial charge in [0.25, 0.3) is 10.0 Å². The van der Waals surface area contributed by atoms with Crippen LogP contribution in [0.1, 0.15) is 45.2 Å². The first-order valence-corrected chi connectivity index (χ1v) is 15.1. The van der Waals surface area contributed by atoms with Gasteiger partial charge in [-0.05, 0) is 70.0 Å². The number of carbonyl (C=O) groups excluding carboxylic acids is 2. The molecule has 0 bridgehead atoms. The lowest BCUT2D eigenvalue weighted by Gasteiger charge is -2.34. The van der Waals surface area contributed by atoms with Crippen LogP contribution in [-0.2, 0) is 26.2 Å². The normalized spacial score (nSPS) is 12.5. The van der Waals surface area contributed by atoms with E-state index in [1.165, 1.54) is 17.0 Å². The van der Waals surface area contributed by atoms with Gasteiger partial charge in [0.2, 0.25) is 11.8 Å². The lowest BCUT2D eigenvalue weighted by Crippen LogP contribution is -2.55. The predicted octanol–water partition coefficient (Wildman–Crippen LogP) is 5.67. The lowest BCUT2D eigenvalue weighted by molar-refractivity contribution is -0.141. The first-order chi connectivity index (χ1) is 18.3. The summed E-state index contributed by atoms with van der Waals surface area (Å²) >= 11 is 3.41. The van der Waals surface area contributed by atoms with E-state index >= 15 is 0 Å². The second-order valence-electron chi connectivity index (χ2n) is 10.5. The summed E-state index contributed by atoms with van der Waals surface area (Å²) in [7, 11) is -4.11. The largest absolute Gasteiger partial charge is 0.350 e. The number of rotatable bonds is 10. The van der Waals surface area contributed by atoms with Gasteiger partial charge in [0.05, 0.1) is 10.6 Å². The molecular formula is C30H36BrN3O4S. The first kappa shape index (κ1) is 30.4. The summed E-state index contributed by atoms with van der Waals surface area (Å²) < 4.78 is 29.6. The molecule has 0 fully saturated rings. The maximum absolute atomic E-state index is 14.0. The first-order valence-electron chi connectivity index (χ1n) is 12.8. The molecule has 1 N–H and O–H groups in total. The van der Waals surface area contributed by atoms with E-state index in [0.717, 1.165) is 15.4 Å². The molecule has 39 heavy (non-hydrogen) atoms. The van der Waals surface area contributed by atoms with Crippen LogP contribution in [0.5, 0.6) is 0 Å². The molecule has 7 nitrogen and oxygen atoms in total. The summed E-state index contributed by atoms with van der Waals surface area (Å²) in [6.45, 7) is 9.04. The van der Waals surface area contributed by atoms with Crippen LogP contribution in [0.2, 0.25) is 0 Å². The van der Waals surface area contributed by atoms with Crippen molar-refractivity contribution in [3.8, 4) is 0 Å². The lowest BCUT2D eigenvalue weighted by atomic mass is 10.1. The van der Waals surface area contributed by atoms with E-state index in [1.54, 1.807) is 36.4 Å². The van der Waals surface area contributed by atoms with E-state index in [0.29, 0.717) is 16.6 Å². The molecule has 0 heterocycles. The number of aryl methyl sites for hydroxylation is 1. The zero-order valence-electron chi connectivity index (χ0n) is 23.0. The molecule has 3 rings (SSSR count). The molecular weight excluding hydrogens is 578 g/mol. The van der Waals surface area contributed by atoms with Crippen LogP contribution in [0.4, 0.5) is 5.69 Å². The highest BCUT2D eigenvalue weighted by molar-refractivity contribution is 9.10. The van der Waals surface area contributed by atoms with Crippen LogP contribution in [0.3, 0.4) is 0 Å². The smallest absolute Gasteiger partial charge is 0.264 e. The predicted molar refractivity (Wildman–Crippen MR) is 159 cm³/mol. The second kappa shape index (κ2) is 12.8. The van der Waals surface area contributed by atoms with Crippen molar-refractivity contribution in [3.63, 3.8) is 0 Å². The van der Waals surface area contributed by atoms with Crippen molar-refractivity contribution < 1.29 is 18.0 Å². The van der Waals surface area contributed by atoms with Crippen molar-refractivity contribution in [2.24, 2.45) is 0 Å².